The van der Waals surface area contributed by atoms with Crippen LogP contribution in [-0.2, 0) is 11.2 Å². The largest absolute Gasteiger partial charge is 0.348 e. The Labute approximate surface area is 145 Å². The van der Waals surface area contributed by atoms with E-state index in [1.54, 1.807) is 11.3 Å². The number of thiophene rings is 1. The van der Waals surface area contributed by atoms with Gasteiger partial charge in [0.15, 0.2) is 0 Å². The van der Waals surface area contributed by atoms with Gasteiger partial charge in [-0.3, -0.25) is 4.79 Å². The molecule has 124 valence electrons. The highest BCUT2D eigenvalue weighted by atomic mass is 32.1. The van der Waals surface area contributed by atoms with Crippen LogP contribution in [0, 0.1) is 5.92 Å². The summed E-state index contributed by atoms with van der Waals surface area (Å²) in [7, 11) is 0. The lowest BCUT2D eigenvalue weighted by molar-refractivity contribution is -0.121. The van der Waals surface area contributed by atoms with Gasteiger partial charge in [-0.1, -0.05) is 25.0 Å². The van der Waals surface area contributed by atoms with Gasteiger partial charge >= 0.3 is 0 Å². The first-order chi connectivity index (χ1) is 11.8. The topological polar surface area (TPSA) is 46.4 Å². The molecule has 4 rings (SSSR count). The van der Waals surface area contributed by atoms with E-state index in [2.05, 4.69) is 27.8 Å². The molecule has 3 aromatic heterocycles. The molecule has 0 spiro atoms. The van der Waals surface area contributed by atoms with Gasteiger partial charge in [0.25, 0.3) is 0 Å². The van der Waals surface area contributed by atoms with Crippen molar-refractivity contribution in [3.63, 3.8) is 0 Å². The van der Waals surface area contributed by atoms with Crippen molar-refractivity contribution in [2.75, 3.05) is 0 Å². The van der Waals surface area contributed by atoms with Gasteiger partial charge in [-0.05, 0) is 42.3 Å². The minimum atomic E-state index is 0.0590. The number of hydrogen-bond donors (Lipinski definition) is 1. The molecule has 1 N–H and O–H groups in total. The van der Waals surface area contributed by atoms with E-state index < -0.39 is 0 Å². The van der Waals surface area contributed by atoms with Crippen LogP contribution in [0.5, 0.6) is 0 Å². The molecule has 1 amide bonds. The van der Waals surface area contributed by atoms with Gasteiger partial charge in [-0.2, -0.15) is 0 Å². The van der Waals surface area contributed by atoms with Crippen molar-refractivity contribution in [3.05, 3.63) is 58.7 Å². The summed E-state index contributed by atoms with van der Waals surface area (Å²) >= 11 is 1.74. The second-order valence-electron chi connectivity index (χ2n) is 6.48. The standard InChI is InChI=1S/C19H21N3OS/c23-18(12-15-13-22-10-4-3-9-17(22)20-15)21-19(14-6-1-2-7-14)16-8-5-11-24-16/h3-5,8-11,13-14,19H,1-2,6-7,12H2,(H,21,23)/t19-/m1/s1. The van der Waals surface area contributed by atoms with Gasteiger partial charge < -0.3 is 9.72 Å². The van der Waals surface area contributed by atoms with Crippen molar-refractivity contribution in [1.29, 1.82) is 0 Å². The van der Waals surface area contributed by atoms with Crippen molar-refractivity contribution in [2.24, 2.45) is 5.92 Å². The van der Waals surface area contributed by atoms with Crippen LogP contribution in [-0.4, -0.2) is 15.3 Å². The summed E-state index contributed by atoms with van der Waals surface area (Å²) in [5.41, 5.74) is 1.70. The number of fused-ring (bicyclic) bond motifs is 1. The average molecular weight is 339 g/mol. The predicted octanol–water partition coefficient (Wildman–Crippen LogP) is 3.99. The van der Waals surface area contributed by atoms with Crippen LogP contribution in [0.3, 0.4) is 0 Å². The van der Waals surface area contributed by atoms with E-state index in [1.165, 1.54) is 30.6 Å². The highest BCUT2D eigenvalue weighted by Gasteiger charge is 2.28. The van der Waals surface area contributed by atoms with E-state index in [9.17, 15) is 4.79 Å². The Bertz CT molecular complexity index is 785. The SMILES string of the molecule is O=C(Cc1cn2ccccc2n1)N[C@@H](c1cccs1)C1CCCC1. The Balaban J connectivity index is 1.48. The van der Waals surface area contributed by atoms with Crippen LogP contribution in [0.1, 0.15) is 42.3 Å². The van der Waals surface area contributed by atoms with Gasteiger partial charge in [0.2, 0.25) is 5.91 Å². The Morgan fingerprint density at radius 1 is 1.29 bits per heavy atom. The molecule has 3 heterocycles. The number of nitrogens with zero attached hydrogens (tertiary/aromatic N) is 2. The summed E-state index contributed by atoms with van der Waals surface area (Å²) in [6.45, 7) is 0. The van der Waals surface area contributed by atoms with E-state index in [4.69, 9.17) is 0 Å². The van der Waals surface area contributed by atoms with Crippen LogP contribution in [0.4, 0.5) is 0 Å². The number of nitrogens with one attached hydrogen (secondary N) is 1. The van der Waals surface area contributed by atoms with Gasteiger partial charge in [-0.15, -0.1) is 11.3 Å². The van der Waals surface area contributed by atoms with Crippen molar-refractivity contribution in [2.45, 2.75) is 38.1 Å². The number of rotatable bonds is 5. The van der Waals surface area contributed by atoms with E-state index in [0.717, 1.165) is 11.3 Å². The molecule has 1 saturated carbocycles. The molecule has 0 bridgehead atoms. The maximum Gasteiger partial charge on any atom is 0.226 e. The van der Waals surface area contributed by atoms with Crippen LogP contribution in [0.25, 0.3) is 5.65 Å². The molecule has 4 nitrogen and oxygen atoms in total. The summed E-state index contributed by atoms with van der Waals surface area (Å²) in [4.78, 5) is 18.4. The quantitative estimate of drug-likeness (QED) is 0.764. The highest BCUT2D eigenvalue weighted by molar-refractivity contribution is 7.10. The normalized spacial score (nSPS) is 16.5. The first-order valence-electron chi connectivity index (χ1n) is 8.55. The third-order valence-corrected chi connectivity index (χ3v) is 5.75. The maximum absolute atomic E-state index is 12.6. The molecule has 1 aliphatic rings. The average Bonchev–Trinajstić information content (AvgIpc) is 3.32. The molecular formula is C19H21N3OS. The Morgan fingerprint density at radius 2 is 2.17 bits per heavy atom. The molecule has 1 aliphatic carbocycles. The number of carbonyl (C=O) groups excluding carboxylic acids is 1. The summed E-state index contributed by atoms with van der Waals surface area (Å²) < 4.78 is 1.95. The number of carbonyl (C=O) groups is 1. The van der Waals surface area contributed by atoms with Crippen LogP contribution >= 0.6 is 11.3 Å². The van der Waals surface area contributed by atoms with Crippen molar-refractivity contribution < 1.29 is 4.79 Å². The fourth-order valence-electron chi connectivity index (χ4n) is 3.64. The highest BCUT2D eigenvalue weighted by Crippen LogP contribution is 2.37. The first-order valence-corrected chi connectivity index (χ1v) is 9.43. The number of hydrogen-bond acceptors (Lipinski definition) is 3. The Morgan fingerprint density at radius 3 is 2.92 bits per heavy atom. The molecule has 1 atom stereocenters. The molecule has 0 aliphatic heterocycles. The fourth-order valence-corrected chi connectivity index (χ4v) is 4.51. The molecule has 0 saturated heterocycles. The minimum Gasteiger partial charge on any atom is -0.348 e. The fraction of sp³-hybridized carbons (Fsp3) is 0.368. The number of amides is 1. The summed E-state index contributed by atoms with van der Waals surface area (Å²) in [5, 5.41) is 5.37. The molecule has 1 fully saturated rings. The second-order valence-corrected chi connectivity index (χ2v) is 7.46. The van der Waals surface area contributed by atoms with Gasteiger partial charge in [0.05, 0.1) is 18.2 Å². The zero-order chi connectivity index (χ0) is 16.4. The molecule has 0 unspecified atom stereocenters. The number of imidazole rings is 1. The van der Waals surface area contributed by atoms with Crippen molar-refractivity contribution in [1.82, 2.24) is 14.7 Å². The van der Waals surface area contributed by atoms with Crippen LogP contribution in [0.15, 0.2) is 48.1 Å². The van der Waals surface area contributed by atoms with Crippen LogP contribution in [0.2, 0.25) is 0 Å². The van der Waals surface area contributed by atoms with Gasteiger partial charge in [0, 0.05) is 17.3 Å². The van der Waals surface area contributed by atoms with E-state index in [0.29, 0.717) is 12.3 Å². The summed E-state index contributed by atoms with van der Waals surface area (Å²) in [5.74, 6) is 0.623. The zero-order valence-electron chi connectivity index (χ0n) is 13.5. The van der Waals surface area contributed by atoms with E-state index in [1.807, 2.05) is 35.0 Å². The molecular weight excluding hydrogens is 318 g/mol. The smallest absolute Gasteiger partial charge is 0.226 e. The molecule has 0 radical (unpaired) electrons. The zero-order valence-corrected chi connectivity index (χ0v) is 14.3. The van der Waals surface area contributed by atoms with E-state index in [-0.39, 0.29) is 11.9 Å². The molecule has 3 aromatic rings. The molecule has 5 heteroatoms. The summed E-state index contributed by atoms with van der Waals surface area (Å²) in [6.07, 6.45) is 9.18. The van der Waals surface area contributed by atoms with Crippen molar-refractivity contribution in [3.8, 4) is 0 Å². The lowest BCUT2D eigenvalue weighted by Crippen LogP contribution is -2.33. The summed E-state index contributed by atoms with van der Waals surface area (Å²) in [6, 6.07) is 10.2. The molecule has 0 aromatic carbocycles. The maximum atomic E-state index is 12.6. The van der Waals surface area contributed by atoms with E-state index >= 15 is 0 Å². The Kier molecular flexibility index (Phi) is 4.34. The third kappa shape index (κ3) is 3.22. The van der Waals surface area contributed by atoms with Gasteiger partial charge in [-0.25, -0.2) is 4.98 Å². The minimum absolute atomic E-state index is 0.0590. The first kappa shape index (κ1) is 15.4. The van der Waals surface area contributed by atoms with Crippen LogP contribution < -0.4 is 5.32 Å². The lowest BCUT2D eigenvalue weighted by atomic mass is 9.96. The molecule has 24 heavy (non-hydrogen) atoms. The third-order valence-electron chi connectivity index (χ3n) is 4.79. The Hall–Kier alpha value is -2.14. The number of aromatic nitrogens is 2. The number of pyridine rings is 1. The second kappa shape index (κ2) is 6.77. The predicted molar refractivity (Wildman–Crippen MR) is 96.1 cm³/mol. The lowest BCUT2D eigenvalue weighted by Gasteiger charge is -2.23. The monoisotopic (exact) mass is 339 g/mol. The van der Waals surface area contributed by atoms with Crippen molar-refractivity contribution >= 4 is 22.9 Å². The van der Waals surface area contributed by atoms with Gasteiger partial charge in [0.1, 0.15) is 5.65 Å².